The van der Waals surface area contributed by atoms with E-state index in [0.29, 0.717) is 23.0 Å². The molecule has 2 rings (SSSR count). The van der Waals surface area contributed by atoms with E-state index in [0.717, 1.165) is 24.0 Å². The zero-order chi connectivity index (χ0) is 18.9. The summed E-state index contributed by atoms with van der Waals surface area (Å²) in [5.74, 6) is 0.184. The number of amides is 1. The maximum Gasteiger partial charge on any atom is 0.223 e. The predicted octanol–water partition coefficient (Wildman–Crippen LogP) is 7.05. The van der Waals surface area contributed by atoms with Gasteiger partial charge in [0.15, 0.2) is 0 Å². The molecule has 0 bridgehead atoms. The normalized spacial score (nSPS) is 12.0. The van der Waals surface area contributed by atoms with Crippen LogP contribution in [0.3, 0.4) is 0 Å². The van der Waals surface area contributed by atoms with Crippen molar-refractivity contribution in [1.29, 1.82) is 0 Å². The van der Waals surface area contributed by atoms with Crippen molar-refractivity contribution >= 4 is 29.1 Å². The van der Waals surface area contributed by atoms with Crippen LogP contribution >= 0.6 is 23.2 Å². The van der Waals surface area contributed by atoms with E-state index < -0.39 is 0 Å². The molecule has 0 N–H and O–H groups in total. The molecule has 1 amide bonds. The maximum absolute atomic E-state index is 12.9. The molecule has 0 aliphatic carbocycles. The summed E-state index contributed by atoms with van der Waals surface area (Å²) in [7, 11) is 0. The van der Waals surface area contributed by atoms with E-state index in [1.807, 2.05) is 35.2 Å². The highest BCUT2D eigenvalue weighted by atomic mass is 35.5. The van der Waals surface area contributed by atoms with E-state index in [1.54, 1.807) is 6.07 Å². The highest BCUT2D eigenvalue weighted by molar-refractivity contribution is 6.42. The largest absolute Gasteiger partial charge is 0.332 e. The first-order chi connectivity index (χ1) is 12.5. The van der Waals surface area contributed by atoms with Crippen molar-refractivity contribution in [3.05, 3.63) is 69.7 Å². The average Bonchev–Trinajstić information content (AvgIpc) is 2.66. The second-order valence-corrected chi connectivity index (χ2v) is 7.48. The van der Waals surface area contributed by atoms with Crippen LogP contribution in [0.5, 0.6) is 0 Å². The quantitative estimate of drug-likeness (QED) is 0.419. The van der Waals surface area contributed by atoms with Crippen molar-refractivity contribution in [2.75, 3.05) is 0 Å². The molecule has 140 valence electrons. The van der Waals surface area contributed by atoms with Crippen LogP contribution < -0.4 is 0 Å². The molecule has 1 atom stereocenters. The Labute approximate surface area is 167 Å². The fourth-order valence-corrected chi connectivity index (χ4v) is 3.35. The molecule has 4 heteroatoms. The fraction of sp³-hybridized carbons (Fsp3) is 0.409. The molecule has 2 aromatic rings. The smallest absolute Gasteiger partial charge is 0.223 e. The molecule has 0 saturated heterocycles. The summed E-state index contributed by atoms with van der Waals surface area (Å²) in [6.45, 7) is 4.78. The molecule has 0 aromatic heterocycles. The van der Waals surface area contributed by atoms with Gasteiger partial charge in [-0.25, -0.2) is 0 Å². The summed E-state index contributed by atoms with van der Waals surface area (Å²) >= 11 is 12.2. The monoisotopic (exact) mass is 391 g/mol. The highest BCUT2D eigenvalue weighted by Gasteiger charge is 2.21. The number of rotatable bonds is 9. The molecular formula is C22H27Cl2NO. The van der Waals surface area contributed by atoms with Gasteiger partial charge in [-0.3, -0.25) is 4.79 Å². The zero-order valence-electron chi connectivity index (χ0n) is 15.6. The number of halogens is 2. The molecule has 0 fully saturated rings. The van der Waals surface area contributed by atoms with Crippen molar-refractivity contribution in [1.82, 2.24) is 4.90 Å². The Morgan fingerprint density at radius 3 is 2.38 bits per heavy atom. The number of hydrogen-bond acceptors (Lipinski definition) is 1. The number of benzene rings is 2. The second kappa shape index (κ2) is 10.6. The Morgan fingerprint density at radius 2 is 1.73 bits per heavy atom. The molecule has 26 heavy (non-hydrogen) atoms. The highest BCUT2D eigenvalue weighted by Crippen LogP contribution is 2.27. The Kier molecular flexibility index (Phi) is 8.47. The number of unbranched alkanes of at least 4 members (excludes halogenated alkanes) is 3. The van der Waals surface area contributed by atoms with Crippen molar-refractivity contribution in [3.63, 3.8) is 0 Å². The maximum atomic E-state index is 12.9. The molecule has 0 saturated carbocycles. The molecule has 0 aliphatic rings. The van der Waals surface area contributed by atoms with Gasteiger partial charge in [-0.2, -0.15) is 0 Å². The van der Waals surface area contributed by atoms with Crippen LogP contribution in [-0.4, -0.2) is 10.8 Å². The summed E-state index contributed by atoms with van der Waals surface area (Å²) in [4.78, 5) is 14.9. The van der Waals surface area contributed by atoms with Crippen molar-refractivity contribution in [2.24, 2.45) is 0 Å². The van der Waals surface area contributed by atoms with Gasteiger partial charge in [0.05, 0.1) is 16.1 Å². The lowest BCUT2D eigenvalue weighted by Gasteiger charge is -2.30. The summed E-state index contributed by atoms with van der Waals surface area (Å²) in [6.07, 6.45) is 4.96. The summed E-state index contributed by atoms with van der Waals surface area (Å²) < 4.78 is 0. The lowest BCUT2D eigenvalue weighted by atomic mass is 10.0. The molecule has 2 aromatic carbocycles. The third kappa shape index (κ3) is 6.03. The first-order valence-electron chi connectivity index (χ1n) is 9.31. The third-order valence-corrected chi connectivity index (χ3v) is 5.39. The minimum atomic E-state index is 0.00401. The summed E-state index contributed by atoms with van der Waals surface area (Å²) in [6, 6.07) is 15.7. The van der Waals surface area contributed by atoms with Gasteiger partial charge in [0, 0.05) is 13.0 Å². The first-order valence-corrected chi connectivity index (χ1v) is 10.1. The second-order valence-electron chi connectivity index (χ2n) is 6.67. The molecule has 0 aliphatic heterocycles. The SMILES string of the molecule is CCCCCCC(=O)N(Cc1ccc(Cl)c(Cl)c1)C(C)c1ccccc1. The predicted molar refractivity (Wildman–Crippen MR) is 111 cm³/mol. The molecular weight excluding hydrogens is 365 g/mol. The first kappa shape index (κ1) is 20.8. The fourth-order valence-electron chi connectivity index (χ4n) is 3.03. The van der Waals surface area contributed by atoms with Crippen LogP contribution in [0.25, 0.3) is 0 Å². The van der Waals surface area contributed by atoms with Gasteiger partial charge in [0.1, 0.15) is 0 Å². The van der Waals surface area contributed by atoms with Gasteiger partial charge in [0.2, 0.25) is 5.91 Å². The van der Waals surface area contributed by atoms with Crippen molar-refractivity contribution in [3.8, 4) is 0 Å². The standard InChI is InChI=1S/C22H27Cl2NO/c1-3-4-5-9-12-22(26)25(17(2)19-10-7-6-8-11-19)16-18-13-14-20(23)21(24)15-18/h6-8,10-11,13-15,17H,3-5,9,12,16H2,1-2H3. The third-order valence-electron chi connectivity index (χ3n) is 4.65. The summed E-state index contributed by atoms with van der Waals surface area (Å²) in [5.41, 5.74) is 2.12. The van der Waals surface area contributed by atoms with E-state index in [2.05, 4.69) is 26.0 Å². The Hall–Kier alpha value is -1.51. The zero-order valence-corrected chi connectivity index (χ0v) is 17.1. The van der Waals surface area contributed by atoms with E-state index in [-0.39, 0.29) is 11.9 Å². The van der Waals surface area contributed by atoms with Gasteiger partial charge in [-0.05, 0) is 36.6 Å². The molecule has 2 nitrogen and oxygen atoms in total. The average molecular weight is 392 g/mol. The Balaban J connectivity index is 2.17. The minimum Gasteiger partial charge on any atom is -0.332 e. The van der Waals surface area contributed by atoms with E-state index >= 15 is 0 Å². The van der Waals surface area contributed by atoms with Gasteiger partial charge in [-0.15, -0.1) is 0 Å². The van der Waals surface area contributed by atoms with Crippen LogP contribution in [0.1, 0.15) is 63.1 Å². The van der Waals surface area contributed by atoms with Crippen LogP contribution in [0.2, 0.25) is 10.0 Å². The van der Waals surface area contributed by atoms with Crippen molar-refractivity contribution in [2.45, 2.75) is 58.5 Å². The molecule has 1 unspecified atom stereocenters. The minimum absolute atomic E-state index is 0.00401. The van der Waals surface area contributed by atoms with Crippen LogP contribution in [-0.2, 0) is 11.3 Å². The molecule has 0 heterocycles. The van der Waals surface area contributed by atoms with Gasteiger partial charge < -0.3 is 4.90 Å². The lowest BCUT2D eigenvalue weighted by Crippen LogP contribution is -2.33. The number of carbonyl (C=O) groups is 1. The van der Waals surface area contributed by atoms with E-state index in [9.17, 15) is 4.79 Å². The van der Waals surface area contributed by atoms with Crippen LogP contribution in [0.4, 0.5) is 0 Å². The van der Waals surface area contributed by atoms with E-state index in [1.165, 1.54) is 12.8 Å². The molecule has 0 radical (unpaired) electrons. The van der Waals surface area contributed by atoms with Gasteiger partial charge in [-0.1, -0.05) is 85.8 Å². The Morgan fingerprint density at radius 1 is 1.00 bits per heavy atom. The van der Waals surface area contributed by atoms with Crippen molar-refractivity contribution < 1.29 is 4.79 Å². The molecule has 0 spiro atoms. The van der Waals surface area contributed by atoms with Crippen LogP contribution in [0, 0.1) is 0 Å². The number of nitrogens with zero attached hydrogens (tertiary/aromatic N) is 1. The Bertz CT molecular complexity index is 703. The summed E-state index contributed by atoms with van der Waals surface area (Å²) in [5, 5.41) is 1.05. The van der Waals surface area contributed by atoms with E-state index in [4.69, 9.17) is 23.2 Å². The topological polar surface area (TPSA) is 20.3 Å². The lowest BCUT2D eigenvalue weighted by molar-refractivity contribution is -0.134. The number of hydrogen-bond donors (Lipinski definition) is 0. The van der Waals surface area contributed by atoms with Crippen LogP contribution in [0.15, 0.2) is 48.5 Å². The van der Waals surface area contributed by atoms with Gasteiger partial charge in [0.25, 0.3) is 0 Å². The van der Waals surface area contributed by atoms with Gasteiger partial charge >= 0.3 is 0 Å². The number of carbonyl (C=O) groups excluding carboxylic acids is 1.